The first-order valence-electron chi connectivity index (χ1n) is 7.10. The van der Waals surface area contributed by atoms with Gasteiger partial charge in [0.15, 0.2) is 0 Å². The van der Waals surface area contributed by atoms with Gasteiger partial charge in [0, 0.05) is 17.5 Å². The van der Waals surface area contributed by atoms with Crippen molar-refractivity contribution in [1.29, 1.82) is 0 Å². The summed E-state index contributed by atoms with van der Waals surface area (Å²) in [7, 11) is 0. The molecule has 1 aromatic heterocycles. The molecular weight excluding hydrogens is 280 g/mol. The Kier molecular flexibility index (Phi) is 4.37. The van der Waals surface area contributed by atoms with Gasteiger partial charge in [-0.3, -0.25) is 4.79 Å². The average molecular weight is 302 g/mol. The van der Waals surface area contributed by atoms with E-state index in [0.717, 1.165) is 11.1 Å². The summed E-state index contributed by atoms with van der Waals surface area (Å²) in [5.74, 6) is -0.105. The maximum absolute atomic E-state index is 12.2. The van der Waals surface area contributed by atoms with Crippen molar-refractivity contribution in [2.45, 2.75) is 33.1 Å². The van der Waals surface area contributed by atoms with Crippen LogP contribution >= 0.6 is 11.3 Å². The van der Waals surface area contributed by atoms with Gasteiger partial charge < -0.3 is 11.1 Å². The molecule has 0 aliphatic carbocycles. The van der Waals surface area contributed by atoms with E-state index in [4.69, 9.17) is 5.73 Å². The van der Waals surface area contributed by atoms with Crippen LogP contribution in [0.25, 0.3) is 11.1 Å². The van der Waals surface area contributed by atoms with Crippen LogP contribution in [-0.2, 0) is 5.41 Å². The molecule has 0 unspecified atom stereocenters. The SMILES string of the molecule is CCNC(=O)c1c(-c2ccc(C(C)(C)C)cc2)csc1N. The zero-order valence-corrected chi connectivity index (χ0v) is 13.8. The van der Waals surface area contributed by atoms with Gasteiger partial charge in [-0.2, -0.15) is 0 Å². The van der Waals surface area contributed by atoms with Gasteiger partial charge in [0.1, 0.15) is 0 Å². The molecule has 0 radical (unpaired) electrons. The molecule has 2 aromatic rings. The molecule has 0 aliphatic rings. The normalized spacial score (nSPS) is 11.4. The monoisotopic (exact) mass is 302 g/mol. The molecule has 21 heavy (non-hydrogen) atoms. The third-order valence-electron chi connectivity index (χ3n) is 3.45. The molecule has 0 aliphatic heterocycles. The van der Waals surface area contributed by atoms with E-state index in [-0.39, 0.29) is 11.3 Å². The largest absolute Gasteiger partial charge is 0.390 e. The van der Waals surface area contributed by atoms with Crippen LogP contribution in [-0.4, -0.2) is 12.5 Å². The van der Waals surface area contributed by atoms with Gasteiger partial charge in [-0.25, -0.2) is 0 Å². The van der Waals surface area contributed by atoms with E-state index in [9.17, 15) is 4.79 Å². The lowest BCUT2D eigenvalue weighted by molar-refractivity contribution is 0.0957. The molecule has 3 N–H and O–H groups in total. The number of carbonyl (C=O) groups excluding carboxylic acids is 1. The highest BCUT2D eigenvalue weighted by Gasteiger charge is 2.19. The number of nitrogens with one attached hydrogen (secondary N) is 1. The maximum Gasteiger partial charge on any atom is 0.254 e. The zero-order valence-electron chi connectivity index (χ0n) is 13.0. The molecule has 2 rings (SSSR count). The number of nitrogen functional groups attached to an aromatic ring is 1. The van der Waals surface area contributed by atoms with E-state index in [1.165, 1.54) is 16.9 Å². The van der Waals surface area contributed by atoms with Crippen LogP contribution < -0.4 is 11.1 Å². The lowest BCUT2D eigenvalue weighted by Gasteiger charge is -2.19. The molecule has 4 heteroatoms. The van der Waals surface area contributed by atoms with E-state index >= 15 is 0 Å². The first kappa shape index (κ1) is 15.6. The van der Waals surface area contributed by atoms with Crippen LogP contribution in [0.15, 0.2) is 29.6 Å². The van der Waals surface area contributed by atoms with E-state index in [0.29, 0.717) is 17.1 Å². The van der Waals surface area contributed by atoms with Crippen molar-refractivity contribution >= 4 is 22.2 Å². The van der Waals surface area contributed by atoms with Crippen molar-refractivity contribution in [2.24, 2.45) is 0 Å². The quantitative estimate of drug-likeness (QED) is 0.899. The second-order valence-electron chi connectivity index (χ2n) is 6.08. The lowest BCUT2D eigenvalue weighted by Crippen LogP contribution is -2.23. The number of anilines is 1. The summed E-state index contributed by atoms with van der Waals surface area (Å²) in [5.41, 5.74) is 9.88. The van der Waals surface area contributed by atoms with E-state index in [1.54, 1.807) is 0 Å². The summed E-state index contributed by atoms with van der Waals surface area (Å²) in [6.07, 6.45) is 0. The fraction of sp³-hybridized carbons (Fsp3) is 0.353. The van der Waals surface area contributed by atoms with E-state index in [1.807, 2.05) is 12.3 Å². The number of hydrogen-bond acceptors (Lipinski definition) is 3. The Bertz CT molecular complexity index is 636. The topological polar surface area (TPSA) is 55.1 Å². The molecular formula is C17H22N2OS. The van der Waals surface area contributed by atoms with Crippen molar-refractivity contribution < 1.29 is 4.79 Å². The van der Waals surface area contributed by atoms with Gasteiger partial charge in [0.25, 0.3) is 5.91 Å². The van der Waals surface area contributed by atoms with Crippen LogP contribution in [0.2, 0.25) is 0 Å². The van der Waals surface area contributed by atoms with Crippen LogP contribution in [0.3, 0.4) is 0 Å². The van der Waals surface area contributed by atoms with Gasteiger partial charge in [0.2, 0.25) is 0 Å². The minimum Gasteiger partial charge on any atom is -0.390 e. The Morgan fingerprint density at radius 3 is 2.38 bits per heavy atom. The van der Waals surface area contributed by atoms with Crippen LogP contribution in [0.5, 0.6) is 0 Å². The van der Waals surface area contributed by atoms with Crippen molar-refractivity contribution in [3.05, 3.63) is 40.8 Å². The summed E-state index contributed by atoms with van der Waals surface area (Å²) < 4.78 is 0. The molecule has 1 aromatic carbocycles. The summed E-state index contributed by atoms with van der Waals surface area (Å²) in [6.45, 7) is 9.05. The lowest BCUT2D eigenvalue weighted by atomic mass is 9.86. The number of benzene rings is 1. The fourth-order valence-electron chi connectivity index (χ4n) is 2.22. The molecule has 3 nitrogen and oxygen atoms in total. The van der Waals surface area contributed by atoms with Crippen molar-refractivity contribution in [1.82, 2.24) is 5.32 Å². The zero-order chi connectivity index (χ0) is 15.6. The van der Waals surface area contributed by atoms with Gasteiger partial charge in [-0.15, -0.1) is 11.3 Å². The predicted octanol–water partition coefficient (Wildman–Crippen LogP) is 4.04. The van der Waals surface area contributed by atoms with Crippen LogP contribution in [0.1, 0.15) is 43.6 Å². The minimum absolute atomic E-state index is 0.105. The third-order valence-corrected chi connectivity index (χ3v) is 4.26. The molecule has 1 amide bonds. The van der Waals surface area contributed by atoms with Crippen LogP contribution in [0.4, 0.5) is 5.00 Å². The Balaban J connectivity index is 2.41. The Morgan fingerprint density at radius 1 is 1.24 bits per heavy atom. The Morgan fingerprint density at radius 2 is 1.86 bits per heavy atom. The smallest absolute Gasteiger partial charge is 0.254 e. The van der Waals surface area contributed by atoms with Crippen molar-refractivity contribution in [3.63, 3.8) is 0 Å². The number of nitrogens with two attached hydrogens (primary N) is 1. The van der Waals surface area contributed by atoms with Gasteiger partial charge in [-0.1, -0.05) is 45.0 Å². The Labute approximate surface area is 130 Å². The third kappa shape index (κ3) is 3.27. The first-order valence-corrected chi connectivity index (χ1v) is 7.98. The van der Waals surface area contributed by atoms with E-state index < -0.39 is 0 Å². The predicted molar refractivity (Wildman–Crippen MR) is 90.9 cm³/mol. The molecule has 0 saturated carbocycles. The second kappa shape index (κ2) is 5.90. The maximum atomic E-state index is 12.2. The fourth-order valence-corrected chi connectivity index (χ4v) is 3.04. The summed E-state index contributed by atoms with van der Waals surface area (Å²) in [6, 6.07) is 8.35. The van der Waals surface area contributed by atoms with Crippen molar-refractivity contribution in [2.75, 3.05) is 12.3 Å². The molecule has 0 bridgehead atoms. The number of carbonyl (C=O) groups is 1. The summed E-state index contributed by atoms with van der Waals surface area (Å²) in [4.78, 5) is 12.2. The highest BCUT2D eigenvalue weighted by Crippen LogP contribution is 2.34. The molecule has 112 valence electrons. The van der Waals surface area contributed by atoms with Gasteiger partial charge in [-0.05, 0) is 23.5 Å². The molecule has 0 atom stereocenters. The van der Waals surface area contributed by atoms with Gasteiger partial charge in [0.05, 0.1) is 10.6 Å². The van der Waals surface area contributed by atoms with Crippen molar-refractivity contribution in [3.8, 4) is 11.1 Å². The number of thiophene rings is 1. The number of rotatable bonds is 3. The Hall–Kier alpha value is -1.81. The van der Waals surface area contributed by atoms with E-state index in [2.05, 4.69) is 50.4 Å². The summed E-state index contributed by atoms with van der Waals surface area (Å²) in [5, 5.41) is 5.34. The highest BCUT2D eigenvalue weighted by atomic mass is 32.1. The standard InChI is InChI=1S/C17H22N2OS/c1-5-19-16(20)14-13(10-21-15(14)18)11-6-8-12(9-7-11)17(2,3)4/h6-10H,5,18H2,1-4H3,(H,19,20). The second-order valence-corrected chi connectivity index (χ2v) is 6.99. The summed E-state index contributed by atoms with van der Waals surface area (Å²) >= 11 is 1.41. The molecule has 0 saturated heterocycles. The highest BCUT2D eigenvalue weighted by molar-refractivity contribution is 7.15. The molecule has 1 heterocycles. The number of hydrogen-bond donors (Lipinski definition) is 2. The van der Waals surface area contributed by atoms with Crippen LogP contribution in [0, 0.1) is 0 Å². The minimum atomic E-state index is -0.105. The molecule has 0 spiro atoms. The average Bonchev–Trinajstić information content (AvgIpc) is 2.80. The first-order chi connectivity index (χ1) is 9.84. The molecule has 0 fully saturated rings. The number of amides is 1. The van der Waals surface area contributed by atoms with Gasteiger partial charge >= 0.3 is 0 Å².